The van der Waals surface area contributed by atoms with Crippen LogP contribution in [0.5, 0.6) is 5.75 Å². The lowest BCUT2D eigenvalue weighted by Crippen LogP contribution is -1.99. The standard InChI is InChI=1S/C11H11N3O3/c1-8-6-12-7-13(8)10-4-3-9(14(15)16)5-11(10)17-2/h3-7H,1-2H3. The van der Waals surface area contributed by atoms with Gasteiger partial charge in [-0.15, -0.1) is 0 Å². The predicted octanol–water partition coefficient (Wildman–Crippen LogP) is 2.10. The Balaban J connectivity index is 2.56. The number of nitrogens with zero attached hydrogens (tertiary/aromatic N) is 3. The number of non-ortho nitro benzene ring substituents is 1. The Morgan fingerprint density at radius 1 is 1.47 bits per heavy atom. The summed E-state index contributed by atoms with van der Waals surface area (Å²) in [5, 5.41) is 10.7. The molecule has 0 fully saturated rings. The molecule has 0 aliphatic carbocycles. The fourth-order valence-corrected chi connectivity index (χ4v) is 1.59. The lowest BCUT2D eigenvalue weighted by molar-refractivity contribution is -0.384. The lowest BCUT2D eigenvalue weighted by atomic mass is 10.2. The van der Waals surface area contributed by atoms with Crippen LogP contribution in [0.25, 0.3) is 5.69 Å². The molecule has 0 atom stereocenters. The highest BCUT2D eigenvalue weighted by Gasteiger charge is 2.13. The van der Waals surface area contributed by atoms with E-state index >= 15 is 0 Å². The smallest absolute Gasteiger partial charge is 0.273 e. The summed E-state index contributed by atoms with van der Waals surface area (Å²) in [5.41, 5.74) is 1.66. The number of hydrogen-bond acceptors (Lipinski definition) is 4. The van der Waals surface area contributed by atoms with Gasteiger partial charge in [-0.3, -0.25) is 14.7 Å². The molecule has 2 rings (SSSR count). The topological polar surface area (TPSA) is 70.2 Å². The second kappa shape index (κ2) is 4.25. The zero-order valence-corrected chi connectivity index (χ0v) is 9.45. The minimum Gasteiger partial charge on any atom is -0.494 e. The summed E-state index contributed by atoms with van der Waals surface area (Å²) in [7, 11) is 1.48. The van der Waals surface area contributed by atoms with Crippen molar-refractivity contribution in [2.45, 2.75) is 6.92 Å². The maximum atomic E-state index is 10.7. The second-order valence-electron chi connectivity index (χ2n) is 3.52. The van der Waals surface area contributed by atoms with Gasteiger partial charge in [-0.05, 0) is 13.0 Å². The molecule has 0 unspecified atom stereocenters. The van der Waals surface area contributed by atoms with Crippen LogP contribution in [-0.4, -0.2) is 21.6 Å². The summed E-state index contributed by atoms with van der Waals surface area (Å²) in [6.07, 6.45) is 3.35. The Morgan fingerprint density at radius 2 is 2.24 bits per heavy atom. The number of aromatic nitrogens is 2. The number of ether oxygens (including phenoxy) is 1. The molecule has 88 valence electrons. The van der Waals surface area contributed by atoms with E-state index < -0.39 is 4.92 Å². The van der Waals surface area contributed by atoms with Crippen molar-refractivity contribution in [3.63, 3.8) is 0 Å². The van der Waals surface area contributed by atoms with E-state index in [9.17, 15) is 10.1 Å². The van der Waals surface area contributed by atoms with E-state index in [1.807, 2.05) is 11.5 Å². The van der Waals surface area contributed by atoms with E-state index in [0.29, 0.717) is 5.75 Å². The zero-order chi connectivity index (χ0) is 12.4. The Hall–Kier alpha value is -2.37. The monoisotopic (exact) mass is 233 g/mol. The van der Waals surface area contributed by atoms with Crippen LogP contribution in [0, 0.1) is 17.0 Å². The molecule has 0 bridgehead atoms. The maximum absolute atomic E-state index is 10.7. The van der Waals surface area contributed by atoms with Crippen molar-refractivity contribution < 1.29 is 9.66 Å². The van der Waals surface area contributed by atoms with Crippen molar-refractivity contribution in [1.29, 1.82) is 0 Å². The van der Waals surface area contributed by atoms with Gasteiger partial charge in [-0.2, -0.15) is 0 Å². The molecule has 0 saturated carbocycles. The Morgan fingerprint density at radius 3 is 2.76 bits per heavy atom. The molecule has 0 radical (unpaired) electrons. The Kier molecular flexibility index (Phi) is 2.78. The number of aryl methyl sites for hydroxylation is 1. The van der Waals surface area contributed by atoms with Crippen molar-refractivity contribution in [1.82, 2.24) is 9.55 Å². The zero-order valence-electron chi connectivity index (χ0n) is 9.45. The van der Waals surface area contributed by atoms with Crippen molar-refractivity contribution in [3.8, 4) is 11.4 Å². The van der Waals surface area contributed by atoms with Gasteiger partial charge >= 0.3 is 0 Å². The van der Waals surface area contributed by atoms with Crippen molar-refractivity contribution in [3.05, 3.63) is 46.5 Å². The van der Waals surface area contributed by atoms with Gasteiger partial charge in [-0.1, -0.05) is 0 Å². The van der Waals surface area contributed by atoms with Crippen molar-refractivity contribution >= 4 is 5.69 Å². The summed E-state index contributed by atoms with van der Waals surface area (Å²) >= 11 is 0. The number of nitro benzene ring substituents is 1. The number of imidazole rings is 1. The summed E-state index contributed by atoms with van der Waals surface area (Å²) in [4.78, 5) is 14.2. The molecule has 0 aliphatic heterocycles. The normalized spacial score (nSPS) is 10.2. The lowest BCUT2D eigenvalue weighted by Gasteiger charge is -2.10. The molecule has 2 aromatic rings. The first-order valence-electron chi connectivity index (χ1n) is 4.95. The van der Waals surface area contributed by atoms with Crippen LogP contribution in [0.3, 0.4) is 0 Å². The number of benzene rings is 1. The molecule has 0 saturated heterocycles. The number of hydrogen-bond donors (Lipinski definition) is 0. The van der Waals surface area contributed by atoms with Crippen LogP contribution in [0.4, 0.5) is 5.69 Å². The average Bonchev–Trinajstić information content (AvgIpc) is 2.74. The van der Waals surface area contributed by atoms with Gasteiger partial charge in [0.15, 0.2) is 0 Å². The van der Waals surface area contributed by atoms with Gasteiger partial charge in [0.25, 0.3) is 5.69 Å². The van der Waals surface area contributed by atoms with Gasteiger partial charge in [0, 0.05) is 18.0 Å². The Labute approximate surface area is 97.6 Å². The molecule has 0 spiro atoms. The van der Waals surface area contributed by atoms with E-state index in [1.54, 1.807) is 18.6 Å². The van der Waals surface area contributed by atoms with Crippen LogP contribution < -0.4 is 4.74 Å². The summed E-state index contributed by atoms with van der Waals surface area (Å²) in [6.45, 7) is 1.90. The summed E-state index contributed by atoms with van der Waals surface area (Å²) < 4.78 is 6.97. The van der Waals surface area contributed by atoms with Gasteiger partial charge in [-0.25, -0.2) is 4.98 Å². The molecule has 6 nitrogen and oxygen atoms in total. The highest BCUT2D eigenvalue weighted by atomic mass is 16.6. The first-order valence-corrected chi connectivity index (χ1v) is 4.95. The minimum atomic E-state index is -0.451. The molecule has 1 aromatic carbocycles. The molecule has 0 aliphatic rings. The van der Waals surface area contributed by atoms with Crippen LogP contribution >= 0.6 is 0 Å². The fraction of sp³-hybridized carbons (Fsp3) is 0.182. The quantitative estimate of drug-likeness (QED) is 0.601. The van der Waals surface area contributed by atoms with Crippen LogP contribution in [0.15, 0.2) is 30.7 Å². The minimum absolute atomic E-state index is 0.00312. The molecule has 0 N–H and O–H groups in total. The number of methoxy groups -OCH3 is 1. The molecule has 17 heavy (non-hydrogen) atoms. The molecular formula is C11H11N3O3. The highest BCUT2D eigenvalue weighted by molar-refractivity contribution is 5.53. The second-order valence-corrected chi connectivity index (χ2v) is 3.52. The summed E-state index contributed by atoms with van der Waals surface area (Å²) in [5.74, 6) is 0.445. The van der Waals surface area contributed by atoms with Crippen LogP contribution in [0.2, 0.25) is 0 Å². The molecular weight excluding hydrogens is 222 g/mol. The van der Waals surface area contributed by atoms with E-state index in [2.05, 4.69) is 4.98 Å². The third kappa shape index (κ3) is 1.96. The average molecular weight is 233 g/mol. The van der Waals surface area contributed by atoms with Crippen LogP contribution in [0.1, 0.15) is 5.69 Å². The molecule has 1 heterocycles. The predicted molar refractivity (Wildman–Crippen MR) is 61.5 cm³/mol. The fourth-order valence-electron chi connectivity index (χ4n) is 1.59. The van der Waals surface area contributed by atoms with Gasteiger partial charge in [0.2, 0.25) is 0 Å². The molecule has 1 aromatic heterocycles. The molecule has 6 heteroatoms. The third-order valence-electron chi connectivity index (χ3n) is 2.46. The largest absolute Gasteiger partial charge is 0.494 e. The van der Waals surface area contributed by atoms with E-state index in [0.717, 1.165) is 11.4 Å². The van der Waals surface area contributed by atoms with Crippen LogP contribution in [-0.2, 0) is 0 Å². The van der Waals surface area contributed by atoms with E-state index in [-0.39, 0.29) is 5.69 Å². The van der Waals surface area contributed by atoms with Gasteiger partial charge < -0.3 is 4.74 Å². The van der Waals surface area contributed by atoms with Gasteiger partial charge in [0.1, 0.15) is 5.75 Å². The van der Waals surface area contributed by atoms with E-state index in [4.69, 9.17) is 4.74 Å². The van der Waals surface area contributed by atoms with E-state index in [1.165, 1.54) is 19.2 Å². The maximum Gasteiger partial charge on any atom is 0.273 e. The third-order valence-corrected chi connectivity index (χ3v) is 2.46. The number of nitro groups is 1. The van der Waals surface area contributed by atoms with Crippen molar-refractivity contribution in [2.75, 3.05) is 7.11 Å². The Bertz CT molecular complexity index is 563. The van der Waals surface area contributed by atoms with Crippen molar-refractivity contribution in [2.24, 2.45) is 0 Å². The number of rotatable bonds is 3. The van der Waals surface area contributed by atoms with Gasteiger partial charge in [0.05, 0.1) is 30.1 Å². The first-order chi connectivity index (χ1) is 8.13. The SMILES string of the molecule is COc1cc([N+](=O)[O-])ccc1-n1cncc1C. The summed E-state index contributed by atoms with van der Waals surface area (Å²) in [6, 6.07) is 4.48. The molecule has 0 amide bonds. The highest BCUT2D eigenvalue weighted by Crippen LogP contribution is 2.28. The first kappa shape index (κ1) is 11.1.